The Morgan fingerprint density at radius 3 is 2.79 bits per heavy atom. The molecule has 0 radical (unpaired) electrons. The van der Waals surface area contributed by atoms with Gasteiger partial charge in [0.05, 0.1) is 0 Å². The Morgan fingerprint density at radius 2 is 2.11 bits per heavy atom. The van der Waals surface area contributed by atoms with Crippen molar-refractivity contribution in [1.29, 1.82) is 0 Å². The quantitative estimate of drug-likeness (QED) is 0.700. The zero-order valence-electron chi connectivity index (χ0n) is 11.0. The smallest absolute Gasteiger partial charge is 0.242 e. The Kier molecular flexibility index (Phi) is 3.79. The van der Waals surface area contributed by atoms with E-state index in [1.807, 2.05) is 19.0 Å². The van der Waals surface area contributed by atoms with E-state index in [0.717, 1.165) is 5.52 Å². The Bertz CT molecular complexity index is 676. The van der Waals surface area contributed by atoms with Crippen LogP contribution in [0.4, 0.5) is 5.69 Å². The summed E-state index contributed by atoms with van der Waals surface area (Å²) in [6.45, 7) is 1.01. The monoisotopic (exact) mass is 282 g/mol. The van der Waals surface area contributed by atoms with E-state index in [-0.39, 0.29) is 4.90 Å². The number of aromatic nitrogens is 1. The van der Waals surface area contributed by atoms with E-state index in [4.69, 9.17) is 5.73 Å². The third-order valence-electron chi connectivity index (χ3n) is 2.81. The van der Waals surface area contributed by atoms with Gasteiger partial charge in [-0.2, -0.15) is 0 Å². The zero-order valence-corrected chi connectivity index (χ0v) is 11.8. The van der Waals surface area contributed by atoms with Crippen molar-refractivity contribution in [3.63, 3.8) is 0 Å². The van der Waals surface area contributed by atoms with Crippen molar-refractivity contribution in [2.24, 2.45) is 0 Å². The van der Waals surface area contributed by atoms with E-state index in [0.29, 0.717) is 24.2 Å². The minimum atomic E-state index is -3.52. The van der Waals surface area contributed by atoms with Gasteiger partial charge in [0.1, 0.15) is 4.90 Å². The zero-order chi connectivity index (χ0) is 14.0. The molecule has 0 spiro atoms. The predicted octanol–water partition coefficient (Wildman–Crippen LogP) is 0.590. The molecule has 0 saturated heterocycles. The molecule has 2 rings (SSSR count). The third-order valence-corrected chi connectivity index (χ3v) is 4.31. The number of likely N-dealkylation sites (N-methyl/N-ethyl adjacent to an activating group) is 1. The van der Waals surface area contributed by atoms with Crippen molar-refractivity contribution in [3.05, 3.63) is 24.4 Å². The third kappa shape index (κ3) is 3.06. The maximum Gasteiger partial charge on any atom is 0.242 e. The van der Waals surface area contributed by atoms with E-state index in [1.54, 1.807) is 18.2 Å². The maximum atomic E-state index is 12.2. The van der Waals surface area contributed by atoms with Crippen LogP contribution >= 0.6 is 0 Å². The van der Waals surface area contributed by atoms with Crippen LogP contribution < -0.4 is 10.5 Å². The van der Waals surface area contributed by atoms with Crippen LogP contribution in [0.2, 0.25) is 0 Å². The van der Waals surface area contributed by atoms with Gasteiger partial charge < -0.3 is 15.6 Å². The van der Waals surface area contributed by atoms with Crippen molar-refractivity contribution in [2.45, 2.75) is 4.90 Å². The van der Waals surface area contributed by atoms with Crippen LogP contribution in [0.5, 0.6) is 0 Å². The highest BCUT2D eigenvalue weighted by molar-refractivity contribution is 7.89. The number of nitrogens with one attached hydrogen (secondary N) is 2. The van der Waals surface area contributed by atoms with Crippen LogP contribution in [-0.4, -0.2) is 45.5 Å². The van der Waals surface area contributed by atoms with Crippen molar-refractivity contribution < 1.29 is 8.42 Å². The van der Waals surface area contributed by atoms with Crippen molar-refractivity contribution in [2.75, 3.05) is 32.9 Å². The van der Waals surface area contributed by atoms with Crippen molar-refractivity contribution >= 4 is 26.6 Å². The molecule has 104 valence electrons. The van der Waals surface area contributed by atoms with Crippen LogP contribution in [0.25, 0.3) is 10.9 Å². The van der Waals surface area contributed by atoms with E-state index in [9.17, 15) is 8.42 Å². The first-order valence-corrected chi connectivity index (χ1v) is 7.39. The Morgan fingerprint density at radius 1 is 1.37 bits per heavy atom. The normalized spacial score (nSPS) is 12.4. The predicted molar refractivity (Wildman–Crippen MR) is 76.5 cm³/mol. The standard InChI is InChI=1S/C12H18N4O2S/c1-16(2)6-5-15-19(17,18)12-8-14-11-4-3-9(13)7-10(11)12/h3-4,7-8,14-15H,5-6,13H2,1-2H3. The molecular weight excluding hydrogens is 264 g/mol. The van der Waals surface area contributed by atoms with Gasteiger partial charge in [0.2, 0.25) is 10.0 Å². The molecule has 7 heteroatoms. The highest BCUT2D eigenvalue weighted by Gasteiger charge is 2.18. The molecule has 0 saturated carbocycles. The van der Waals surface area contributed by atoms with Crippen LogP contribution in [0, 0.1) is 0 Å². The summed E-state index contributed by atoms with van der Waals surface area (Å²) in [5.74, 6) is 0. The molecule has 0 atom stereocenters. The molecule has 19 heavy (non-hydrogen) atoms. The molecule has 2 aromatic rings. The lowest BCUT2D eigenvalue weighted by Crippen LogP contribution is -2.31. The first-order valence-electron chi connectivity index (χ1n) is 5.91. The summed E-state index contributed by atoms with van der Waals surface area (Å²) in [5, 5.41) is 0.609. The average molecular weight is 282 g/mol. The number of aromatic amines is 1. The molecule has 6 nitrogen and oxygen atoms in total. The molecule has 0 aliphatic heterocycles. The summed E-state index contributed by atoms with van der Waals surface area (Å²) in [6.07, 6.45) is 1.49. The van der Waals surface area contributed by atoms with Gasteiger partial charge in [-0.05, 0) is 32.3 Å². The molecule has 0 unspecified atom stereocenters. The number of nitrogens with two attached hydrogens (primary N) is 1. The number of nitrogen functional groups attached to an aromatic ring is 1. The number of nitrogens with zero attached hydrogens (tertiary/aromatic N) is 1. The number of benzene rings is 1. The second-order valence-corrected chi connectivity index (χ2v) is 6.39. The lowest BCUT2D eigenvalue weighted by molar-refractivity contribution is 0.412. The summed E-state index contributed by atoms with van der Waals surface area (Å²) >= 11 is 0. The summed E-state index contributed by atoms with van der Waals surface area (Å²) in [6, 6.07) is 5.16. The Balaban J connectivity index is 2.30. The van der Waals surface area contributed by atoms with Gasteiger partial charge in [-0.25, -0.2) is 13.1 Å². The molecule has 0 aliphatic rings. The van der Waals surface area contributed by atoms with Crippen LogP contribution in [0.1, 0.15) is 0 Å². The first-order chi connectivity index (χ1) is 8.90. The highest BCUT2D eigenvalue weighted by atomic mass is 32.2. The molecular formula is C12H18N4O2S. The van der Waals surface area contributed by atoms with Gasteiger partial charge in [0, 0.05) is 35.9 Å². The van der Waals surface area contributed by atoms with E-state index < -0.39 is 10.0 Å². The van der Waals surface area contributed by atoms with Crippen LogP contribution in [-0.2, 0) is 10.0 Å². The van der Waals surface area contributed by atoms with Gasteiger partial charge in [-0.1, -0.05) is 0 Å². The van der Waals surface area contributed by atoms with Gasteiger partial charge >= 0.3 is 0 Å². The van der Waals surface area contributed by atoms with Crippen LogP contribution in [0.3, 0.4) is 0 Å². The molecule has 1 heterocycles. The largest absolute Gasteiger partial charge is 0.399 e. The molecule has 0 bridgehead atoms. The highest BCUT2D eigenvalue weighted by Crippen LogP contribution is 2.24. The summed E-state index contributed by atoms with van der Waals surface area (Å²) in [7, 11) is 0.260. The number of H-pyrrole nitrogens is 1. The van der Waals surface area contributed by atoms with Gasteiger partial charge in [-0.3, -0.25) is 0 Å². The van der Waals surface area contributed by atoms with Gasteiger partial charge in [0.15, 0.2) is 0 Å². The minimum absolute atomic E-state index is 0.230. The molecule has 0 amide bonds. The number of rotatable bonds is 5. The second kappa shape index (κ2) is 5.20. The fourth-order valence-electron chi connectivity index (χ4n) is 1.82. The fourth-order valence-corrected chi connectivity index (χ4v) is 3.00. The Labute approximate surface area is 112 Å². The topological polar surface area (TPSA) is 91.2 Å². The molecule has 4 N–H and O–H groups in total. The number of hydrogen-bond donors (Lipinski definition) is 3. The molecule has 1 aromatic heterocycles. The lowest BCUT2D eigenvalue weighted by Gasteiger charge is -2.10. The van der Waals surface area contributed by atoms with E-state index in [1.165, 1.54) is 6.20 Å². The maximum absolute atomic E-state index is 12.2. The fraction of sp³-hybridized carbons (Fsp3) is 0.333. The van der Waals surface area contributed by atoms with Gasteiger partial charge in [0.25, 0.3) is 0 Å². The lowest BCUT2D eigenvalue weighted by atomic mass is 10.2. The summed E-state index contributed by atoms with van der Waals surface area (Å²) in [5.41, 5.74) is 6.99. The number of anilines is 1. The minimum Gasteiger partial charge on any atom is -0.399 e. The summed E-state index contributed by atoms with van der Waals surface area (Å²) in [4.78, 5) is 5.08. The average Bonchev–Trinajstić information content (AvgIpc) is 2.71. The number of hydrogen-bond acceptors (Lipinski definition) is 4. The summed E-state index contributed by atoms with van der Waals surface area (Å²) < 4.78 is 27.0. The number of fused-ring (bicyclic) bond motifs is 1. The van der Waals surface area contributed by atoms with Crippen LogP contribution in [0.15, 0.2) is 29.3 Å². The van der Waals surface area contributed by atoms with Crippen molar-refractivity contribution in [3.8, 4) is 0 Å². The van der Waals surface area contributed by atoms with E-state index in [2.05, 4.69) is 9.71 Å². The molecule has 0 fully saturated rings. The van der Waals surface area contributed by atoms with Gasteiger partial charge in [-0.15, -0.1) is 0 Å². The molecule has 1 aromatic carbocycles. The molecule has 0 aliphatic carbocycles. The van der Waals surface area contributed by atoms with E-state index >= 15 is 0 Å². The SMILES string of the molecule is CN(C)CCNS(=O)(=O)c1c[nH]c2ccc(N)cc12. The Hall–Kier alpha value is -1.57. The second-order valence-electron chi connectivity index (χ2n) is 4.66. The number of sulfonamides is 1. The first kappa shape index (κ1) is 13.9. The van der Waals surface area contributed by atoms with Crippen molar-refractivity contribution in [1.82, 2.24) is 14.6 Å².